The van der Waals surface area contributed by atoms with Crippen molar-refractivity contribution in [2.45, 2.75) is 31.2 Å². The Bertz CT molecular complexity index is 185. The van der Waals surface area contributed by atoms with E-state index in [1.165, 1.54) is 0 Å². The molecule has 1 heterocycles. The van der Waals surface area contributed by atoms with E-state index in [9.17, 15) is 4.79 Å². The molecule has 1 N–H and O–H groups in total. The normalized spacial score (nSPS) is 39.8. The van der Waals surface area contributed by atoms with E-state index in [1.54, 1.807) is 0 Å². The molecular weight excluding hydrogens is 114 g/mol. The van der Waals surface area contributed by atoms with Crippen LogP contribution in [0.1, 0.15) is 25.7 Å². The van der Waals surface area contributed by atoms with Crippen LogP contribution < -0.4 is 4.99 Å². The van der Waals surface area contributed by atoms with Gasteiger partial charge in [0.2, 0.25) is 11.3 Å². The highest BCUT2D eigenvalue weighted by Gasteiger charge is 2.52. The van der Waals surface area contributed by atoms with Crippen molar-refractivity contribution in [1.82, 2.24) is 0 Å². The van der Waals surface area contributed by atoms with E-state index in [2.05, 4.69) is 4.99 Å². The first-order valence-corrected chi connectivity index (χ1v) is 3.46. The molecule has 1 aliphatic carbocycles. The van der Waals surface area contributed by atoms with E-state index in [0.717, 1.165) is 25.7 Å². The summed E-state index contributed by atoms with van der Waals surface area (Å²) in [6.07, 6.45) is 5.96. The molecule has 0 amide bonds. The molecule has 2 aliphatic rings. The van der Waals surface area contributed by atoms with Gasteiger partial charge in [0.1, 0.15) is 6.21 Å². The zero-order valence-corrected chi connectivity index (χ0v) is 5.31. The first-order chi connectivity index (χ1) is 4.33. The van der Waals surface area contributed by atoms with Gasteiger partial charge in [-0.1, -0.05) is 0 Å². The zero-order chi connectivity index (χ0) is 6.32. The highest BCUT2D eigenvalue weighted by molar-refractivity contribution is 5.93. The first-order valence-electron chi connectivity index (χ1n) is 3.46. The average Bonchev–Trinajstić information content (AvgIpc) is 2.34. The van der Waals surface area contributed by atoms with Crippen LogP contribution in [0.4, 0.5) is 0 Å². The third kappa shape index (κ3) is 0.506. The van der Waals surface area contributed by atoms with Gasteiger partial charge in [-0.25, -0.2) is 4.99 Å². The second-order valence-corrected chi connectivity index (χ2v) is 2.89. The highest BCUT2D eigenvalue weighted by Crippen LogP contribution is 2.28. The predicted octanol–water partition coefficient (Wildman–Crippen LogP) is -0.967. The molecule has 1 spiro atoms. The maximum atomic E-state index is 11.0. The SMILES string of the molecule is O=C1CCC12CCC=[NH+]2. The summed E-state index contributed by atoms with van der Waals surface area (Å²) in [5.41, 5.74) is -0.0694. The highest BCUT2D eigenvalue weighted by atomic mass is 16.1. The lowest BCUT2D eigenvalue weighted by atomic mass is 9.74. The molecule has 0 aromatic rings. The zero-order valence-electron chi connectivity index (χ0n) is 5.31. The summed E-state index contributed by atoms with van der Waals surface area (Å²) in [7, 11) is 0. The molecule has 1 atom stereocenters. The maximum absolute atomic E-state index is 11.0. The number of carbonyl (C=O) groups excluding carboxylic acids is 1. The molecule has 2 nitrogen and oxygen atoms in total. The minimum absolute atomic E-state index is 0.0694. The summed E-state index contributed by atoms with van der Waals surface area (Å²) in [5.74, 6) is 0.413. The fourth-order valence-corrected chi connectivity index (χ4v) is 1.60. The van der Waals surface area contributed by atoms with Crippen molar-refractivity contribution in [1.29, 1.82) is 0 Å². The van der Waals surface area contributed by atoms with Crippen molar-refractivity contribution in [3.05, 3.63) is 0 Å². The molecule has 1 saturated carbocycles. The van der Waals surface area contributed by atoms with Crippen molar-refractivity contribution in [3.8, 4) is 0 Å². The number of hydrogen-bond acceptors (Lipinski definition) is 1. The van der Waals surface area contributed by atoms with Gasteiger partial charge in [0.15, 0.2) is 0 Å². The van der Waals surface area contributed by atoms with E-state index in [4.69, 9.17) is 0 Å². The van der Waals surface area contributed by atoms with Gasteiger partial charge in [-0.15, -0.1) is 0 Å². The van der Waals surface area contributed by atoms with Crippen LogP contribution in [0, 0.1) is 0 Å². The smallest absolute Gasteiger partial charge is 0.218 e. The van der Waals surface area contributed by atoms with Crippen LogP contribution in [0.2, 0.25) is 0 Å². The fraction of sp³-hybridized carbons (Fsp3) is 0.714. The Morgan fingerprint density at radius 3 is 2.67 bits per heavy atom. The predicted molar refractivity (Wildman–Crippen MR) is 33.2 cm³/mol. The molecule has 0 radical (unpaired) electrons. The van der Waals surface area contributed by atoms with Crippen molar-refractivity contribution < 1.29 is 9.79 Å². The second-order valence-electron chi connectivity index (χ2n) is 2.89. The third-order valence-corrected chi connectivity index (χ3v) is 2.41. The molecule has 1 unspecified atom stereocenters. The topological polar surface area (TPSA) is 31.0 Å². The van der Waals surface area contributed by atoms with Gasteiger partial charge in [0, 0.05) is 25.7 Å². The van der Waals surface area contributed by atoms with E-state index in [-0.39, 0.29) is 5.54 Å². The third-order valence-electron chi connectivity index (χ3n) is 2.41. The van der Waals surface area contributed by atoms with Gasteiger partial charge in [-0.05, 0) is 0 Å². The minimum atomic E-state index is -0.0694. The lowest BCUT2D eigenvalue weighted by molar-refractivity contribution is -0.531. The van der Waals surface area contributed by atoms with E-state index in [0.29, 0.717) is 5.78 Å². The molecule has 0 saturated heterocycles. The minimum Gasteiger partial charge on any atom is -0.292 e. The van der Waals surface area contributed by atoms with Gasteiger partial charge in [-0.2, -0.15) is 0 Å². The number of ketones is 1. The van der Waals surface area contributed by atoms with Gasteiger partial charge < -0.3 is 0 Å². The van der Waals surface area contributed by atoms with Gasteiger partial charge in [-0.3, -0.25) is 4.79 Å². The van der Waals surface area contributed by atoms with Crippen LogP contribution in [-0.4, -0.2) is 17.5 Å². The van der Waals surface area contributed by atoms with E-state index in [1.807, 2.05) is 6.21 Å². The quantitative estimate of drug-likeness (QED) is 0.443. The fourth-order valence-electron chi connectivity index (χ4n) is 1.60. The maximum Gasteiger partial charge on any atom is 0.218 e. The molecule has 9 heavy (non-hydrogen) atoms. The number of rotatable bonds is 0. The van der Waals surface area contributed by atoms with Crippen molar-refractivity contribution >= 4 is 12.0 Å². The van der Waals surface area contributed by atoms with Crippen molar-refractivity contribution in [3.63, 3.8) is 0 Å². The average molecular weight is 124 g/mol. The summed E-state index contributed by atoms with van der Waals surface area (Å²) in [6, 6.07) is 0. The van der Waals surface area contributed by atoms with Crippen LogP contribution in [0.15, 0.2) is 0 Å². The molecule has 0 bridgehead atoms. The number of Topliss-reactive ketones (excluding diaryl/α,β-unsaturated/α-hetero) is 1. The summed E-state index contributed by atoms with van der Waals surface area (Å²) < 4.78 is 0. The van der Waals surface area contributed by atoms with Crippen molar-refractivity contribution in [2.75, 3.05) is 0 Å². The molecule has 2 rings (SSSR count). The molecule has 1 fully saturated rings. The standard InChI is InChI=1S/C7H9NO/c9-6-2-4-7(6)3-1-5-8-7/h5H,1-4H2/p+1. The number of nitrogens with one attached hydrogen (secondary N) is 1. The van der Waals surface area contributed by atoms with E-state index < -0.39 is 0 Å². The largest absolute Gasteiger partial charge is 0.292 e. The van der Waals surface area contributed by atoms with Crippen LogP contribution in [-0.2, 0) is 4.79 Å². The molecule has 0 aromatic carbocycles. The number of hydrogen-bond donors (Lipinski definition) is 1. The van der Waals surface area contributed by atoms with E-state index >= 15 is 0 Å². The lowest BCUT2D eigenvalue weighted by Gasteiger charge is -2.27. The van der Waals surface area contributed by atoms with Crippen LogP contribution >= 0.6 is 0 Å². The van der Waals surface area contributed by atoms with Crippen LogP contribution in [0.25, 0.3) is 0 Å². The Kier molecular flexibility index (Phi) is 0.821. The Morgan fingerprint density at radius 2 is 2.44 bits per heavy atom. The Morgan fingerprint density at radius 1 is 1.56 bits per heavy atom. The summed E-state index contributed by atoms with van der Waals surface area (Å²) >= 11 is 0. The van der Waals surface area contributed by atoms with Crippen LogP contribution in [0.3, 0.4) is 0 Å². The summed E-state index contributed by atoms with van der Waals surface area (Å²) in [6.45, 7) is 0. The van der Waals surface area contributed by atoms with Gasteiger partial charge in [0.05, 0.1) is 0 Å². The van der Waals surface area contributed by atoms with Gasteiger partial charge in [0.25, 0.3) is 0 Å². The molecule has 48 valence electrons. The van der Waals surface area contributed by atoms with Crippen LogP contribution in [0.5, 0.6) is 0 Å². The molecule has 0 aromatic heterocycles. The molecule has 1 aliphatic heterocycles. The Labute approximate surface area is 54.0 Å². The number of carbonyl (C=O) groups is 1. The summed E-state index contributed by atoms with van der Waals surface area (Å²) in [4.78, 5) is 14.1. The Balaban J connectivity index is 2.25. The summed E-state index contributed by atoms with van der Waals surface area (Å²) in [5, 5.41) is 0. The Hall–Kier alpha value is -0.660. The van der Waals surface area contributed by atoms with Gasteiger partial charge >= 0.3 is 0 Å². The lowest BCUT2D eigenvalue weighted by Crippen LogP contribution is -2.88. The first kappa shape index (κ1) is 5.15. The molecular formula is C7H10NO+. The second kappa shape index (κ2) is 1.43. The van der Waals surface area contributed by atoms with Crippen molar-refractivity contribution in [2.24, 2.45) is 0 Å². The molecule has 2 heteroatoms. The monoisotopic (exact) mass is 124 g/mol.